The summed E-state index contributed by atoms with van der Waals surface area (Å²) in [5.74, 6) is 1.19. The Morgan fingerprint density at radius 2 is 2.36 bits per heavy atom. The summed E-state index contributed by atoms with van der Waals surface area (Å²) in [5.41, 5.74) is 1.41. The quantitative estimate of drug-likeness (QED) is 0.671. The van der Waals surface area contributed by atoms with Crippen LogP contribution < -0.4 is 0 Å². The van der Waals surface area contributed by atoms with Gasteiger partial charge in [-0.25, -0.2) is 0 Å². The molecule has 0 saturated heterocycles. The summed E-state index contributed by atoms with van der Waals surface area (Å²) in [6, 6.07) is 0. The van der Waals surface area contributed by atoms with Crippen molar-refractivity contribution in [1.29, 1.82) is 0 Å². The van der Waals surface area contributed by atoms with Crippen molar-refractivity contribution in [2.45, 2.75) is 31.7 Å². The van der Waals surface area contributed by atoms with Crippen molar-refractivity contribution in [2.75, 3.05) is 5.75 Å². The Labute approximate surface area is 76.4 Å². The third kappa shape index (κ3) is 2.49. The van der Waals surface area contributed by atoms with Crippen LogP contribution in [0.1, 0.15) is 25.8 Å². The Morgan fingerprint density at radius 1 is 1.55 bits per heavy atom. The zero-order valence-corrected chi connectivity index (χ0v) is 8.60. The van der Waals surface area contributed by atoms with E-state index in [-0.39, 0.29) is 0 Å². The molecule has 1 aromatic rings. The van der Waals surface area contributed by atoms with Gasteiger partial charge >= 0.3 is 0 Å². The molecule has 1 heterocycles. The Bertz CT molecular complexity index is 208. The maximum atomic E-state index is 4.33. The van der Waals surface area contributed by atoms with Crippen molar-refractivity contribution in [1.82, 2.24) is 4.37 Å². The van der Waals surface area contributed by atoms with Gasteiger partial charge in [0.2, 0.25) is 0 Å². The predicted octanol–water partition coefficient (Wildman–Crippen LogP) is 3.21. The second kappa shape index (κ2) is 4.78. The Kier molecular flexibility index (Phi) is 3.94. The molecule has 0 N–H and O–H groups in total. The van der Waals surface area contributed by atoms with Crippen molar-refractivity contribution in [3.63, 3.8) is 0 Å². The van der Waals surface area contributed by atoms with Gasteiger partial charge < -0.3 is 0 Å². The van der Waals surface area contributed by atoms with Gasteiger partial charge in [0.1, 0.15) is 5.03 Å². The van der Waals surface area contributed by atoms with Crippen molar-refractivity contribution in [3.8, 4) is 0 Å². The minimum Gasteiger partial charge on any atom is -0.186 e. The van der Waals surface area contributed by atoms with Crippen molar-refractivity contribution in [3.05, 3.63) is 10.9 Å². The van der Waals surface area contributed by atoms with E-state index in [9.17, 15) is 0 Å². The predicted molar refractivity (Wildman–Crippen MR) is 52.5 cm³/mol. The molecule has 0 amide bonds. The van der Waals surface area contributed by atoms with Gasteiger partial charge in [-0.15, -0.1) is 11.8 Å². The summed E-state index contributed by atoms with van der Waals surface area (Å²) < 4.78 is 4.33. The number of hydrogen-bond donors (Lipinski definition) is 0. The molecule has 0 saturated carbocycles. The molecule has 0 bridgehead atoms. The molecule has 11 heavy (non-hydrogen) atoms. The van der Waals surface area contributed by atoms with Gasteiger partial charge in [-0.05, 0) is 35.7 Å². The molecule has 1 nitrogen and oxygen atoms in total. The molecule has 0 spiro atoms. The van der Waals surface area contributed by atoms with Crippen molar-refractivity contribution in [2.24, 2.45) is 0 Å². The van der Waals surface area contributed by atoms with Crippen LogP contribution in [0.2, 0.25) is 0 Å². The summed E-state index contributed by atoms with van der Waals surface area (Å²) >= 11 is 3.45. The molecule has 0 aliphatic heterocycles. The molecule has 1 rings (SSSR count). The van der Waals surface area contributed by atoms with Gasteiger partial charge in [0.05, 0.1) is 0 Å². The molecule has 3 heteroatoms. The second-order valence-electron chi connectivity index (χ2n) is 2.35. The highest BCUT2D eigenvalue weighted by Gasteiger charge is 2.02. The van der Waals surface area contributed by atoms with E-state index >= 15 is 0 Å². The number of aromatic nitrogens is 1. The fourth-order valence-electron chi connectivity index (χ4n) is 0.799. The third-order valence-corrected chi connectivity index (χ3v) is 3.46. The molecule has 0 aliphatic rings. The first-order chi connectivity index (χ1) is 5.38. The van der Waals surface area contributed by atoms with Gasteiger partial charge in [-0.3, -0.25) is 0 Å². The molecule has 1 aromatic heterocycles. The first-order valence-corrected chi connectivity index (χ1v) is 5.76. The maximum absolute atomic E-state index is 4.33. The Balaban J connectivity index is 2.54. The molecule has 62 valence electrons. The number of nitrogens with zero attached hydrogens (tertiary/aromatic N) is 1. The zero-order valence-electron chi connectivity index (χ0n) is 6.96. The molecule has 0 aliphatic carbocycles. The van der Waals surface area contributed by atoms with Crippen LogP contribution in [-0.4, -0.2) is 10.1 Å². The van der Waals surface area contributed by atoms with Crippen LogP contribution in [0, 0.1) is 0 Å². The molecule has 0 unspecified atom stereocenters. The van der Waals surface area contributed by atoms with Gasteiger partial charge in [0.15, 0.2) is 0 Å². The summed E-state index contributed by atoms with van der Waals surface area (Å²) in [6.45, 7) is 4.38. The first-order valence-electron chi connectivity index (χ1n) is 3.94. The molecular weight excluding hydrogens is 174 g/mol. The molecule has 0 aromatic carbocycles. The lowest BCUT2D eigenvalue weighted by molar-refractivity contribution is 1.05. The summed E-state index contributed by atoms with van der Waals surface area (Å²) in [7, 11) is 0. The van der Waals surface area contributed by atoms with E-state index < -0.39 is 0 Å². The highest BCUT2D eigenvalue weighted by atomic mass is 32.2. The van der Waals surface area contributed by atoms with E-state index in [1.165, 1.54) is 22.8 Å². The summed E-state index contributed by atoms with van der Waals surface area (Å²) in [6.07, 6.45) is 2.34. The monoisotopic (exact) mass is 187 g/mol. The average Bonchev–Trinajstić information content (AvgIpc) is 2.47. The van der Waals surface area contributed by atoms with Crippen LogP contribution in [-0.2, 0) is 6.42 Å². The maximum Gasteiger partial charge on any atom is 0.113 e. The first kappa shape index (κ1) is 9.07. The van der Waals surface area contributed by atoms with Gasteiger partial charge in [0.25, 0.3) is 0 Å². The minimum atomic E-state index is 1.11. The molecule has 0 fully saturated rings. The van der Waals surface area contributed by atoms with Crippen molar-refractivity contribution < 1.29 is 0 Å². The van der Waals surface area contributed by atoms with Crippen molar-refractivity contribution >= 4 is 23.3 Å². The Hall–Kier alpha value is -0.0200. The molecule has 0 radical (unpaired) electrons. The van der Waals surface area contributed by atoms with Crippen LogP contribution >= 0.6 is 23.3 Å². The fraction of sp³-hybridized carbons (Fsp3) is 0.625. The molecular formula is C8H13NS2. The average molecular weight is 187 g/mol. The lowest BCUT2D eigenvalue weighted by Crippen LogP contribution is -1.81. The minimum absolute atomic E-state index is 1.11. The second-order valence-corrected chi connectivity index (χ2v) is 4.06. The smallest absolute Gasteiger partial charge is 0.113 e. The van der Waals surface area contributed by atoms with Crippen LogP contribution in [0.5, 0.6) is 0 Å². The van der Waals surface area contributed by atoms with Crippen LogP contribution in [0.4, 0.5) is 0 Å². The number of thioether (sulfide) groups is 1. The highest BCUT2D eigenvalue weighted by molar-refractivity contribution is 7.99. The summed E-state index contributed by atoms with van der Waals surface area (Å²) in [5, 5.41) is 3.40. The number of aryl methyl sites for hydroxylation is 1. The number of rotatable bonds is 4. The topological polar surface area (TPSA) is 12.9 Å². The highest BCUT2D eigenvalue weighted by Crippen LogP contribution is 2.23. The summed E-state index contributed by atoms with van der Waals surface area (Å²) in [4.78, 5) is 0. The largest absolute Gasteiger partial charge is 0.186 e. The van der Waals surface area contributed by atoms with Crippen LogP contribution in [0.25, 0.3) is 0 Å². The molecule has 0 atom stereocenters. The van der Waals surface area contributed by atoms with E-state index in [2.05, 4.69) is 23.6 Å². The number of hydrogen-bond acceptors (Lipinski definition) is 3. The zero-order chi connectivity index (χ0) is 8.10. The van der Waals surface area contributed by atoms with E-state index in [4.69, 9.17) is 0 Å². The van der Waals surface area contributed by atoms with E-state index in [0.717, 1.165) is 6.42 Å². The van der Waals surface area contributed by atoms with E-state index in [1.807, 2.05) is 11.8 Å². The van der Waals surface area contributed by atoms with Crippen LogP contribution in [0.15, 0.2) is 10.4 Å². The lowest BCUT2D eigenvalue weighted by Gasteiger charge is -1.96. The van der Waals surface area contributed by atoms with E-state index in [0.29, 0.717) is 0 Å². The standard InChI is InChI=1S/C8H13NS2/c1-3-5-10-8-7(4-2)6-11-9-8/h6H,3-5H2,1-2H3. The third-order valence-electron chi connectivity index (χ3n) is 1.43. The van der Waals surface area contributed by atoms with Crippen LogP contribution in [0.3, 0.4) is 0 Å². The Morgan fingerprint density at radius 3 is 3.00 bits per heavy atom. The van der Waals surface area contributed by atoms with Gasteiger partial charge in [-0.1, -0.05) is 13.8 Å². The van der Waals surface area contributed by atoms with Gasteiger partial charge in [0, 0.05) is 5.38 Å². The lowest BCUT2D eigenvalue weighted by atomic mass is 10.3. The van der Waals surface area contributed by atoms with E-state index in [1.54, 1.807) is 11.5 Å². The fourth-order valence-corrected chi connectivity index (χ4v) is 2.67. The SMILES string of the molecule is CCCSc1nscc1CC. The van der Waals surface area contributed by atoms with Gasteiger partial charge in [-0.2, -0.15) is 4.37 Å². The normalized spacial score (nSPS) is 10.4.